The zero-order chi connectivity index (χ0) is 31.9. The Morgan fingerprint density at radius 1 is 0.674 bits per heavy atom. The molecular formula is C38H43MnNiO3-. The third-order valence-electron chi connectivity index (χ3n) is 8.08. The van der Waals surface area contributed by atoms with E-state index in [0.717, 1.165) is 12.8 Å². The summed E-state index contributed by atoms with van der Waals surface area (Å²) in [5.74, 6) is 0. The van der Waals surface area contributed by atoms with E-state index < -0.39 is 0 Å². The molecule has 43 heavy (non-hydrogen) atoms. The van der Waals surface area contributed by atoms with Gasteiger partial charge in [0.15, 0.2) is 0 Å². The van der Waals surface area contributed by atoms with Crippen molar-refractivity contribution >= 4 is 21.5 Å². The van der Waals surface area contributed by atoms with Crippen molar-refractivity contribution in [3.05, 3.63) is 130 Å². The fourth-order valence-corrected chi connectivity index (χ4v) is 5.02. The van der Waals surface area contributed by atoms with Gasteiger partial charge >= 0.3 is 51.0 Å². The zero-order valence-corrected chi connectivity index (χ0v) is 29.2. The molecule has 0 aliphatic heterocycles. The third-order valence-corrected chi connectivity index (χ3v) is 8.08. The molecule has 0 atom stereocenters. The van der Waals surface area contributed by atoms with Crippen LogP contribution in [-0.2, 0) is 60.4 Å². The molecule has 0 aromatic heterocycles. The Morgan fingerprint density at radius 2 is 1.12 bits per heavy atom. The normalized spacial score (nSPS) is 8.93. The van der Waals surface area contributed by atoms with E-state index in [-0.39, 0.29) is 33.6 Å². The van der Waals surface area contributed by atoms with E-state index in [0.29, 0.717) is 0 Å². The second-order valence-electron chi connectivity index (χ2n) is 10.1. The molecular weight excluding hydrogens is 618 g/mol. The quantitative estimate of drug-likeness (QED) is 0.103. The smallest absolute Gasteiger partial charge is 0 e. The molecule has 3 nitrogen and oxygen atoms in total. The molecule has 0 saturated carbocycles. The molecule has 1 radical (unpaired) electrons. The van der Waals surface area contributed by atoms with Gasteiger partial charge < -0.3 is 0 Å². The number of hydrogen-bond acceptors (Lipinski definition) is 0. The molecule has 5 aromatic carbocycles. The van der Waals surface area contributed by atoms with Crippen LogP contribution in [0.1, 0.15) is 69.5 Å². The van der Waals surface area contributed by atoms with Gasteiger partial charge in [0.1, 0.15) is 0 Å². The van der Waals surface area contributed by atoms with E-state index in [1.54, 1.807) is 0 Å². The summed E-state index contributed by atoms with van der Waals surface area (Å²) in [6.45, 7) is 35.6. The first-order chi connectivity index (χ1) is 19.6. The fourth-order valence-electron chi connectivity index (χ4n) is 5.02. The van der Waals surface area contributed by atoms with Gasteiger partial charge in [0.25, 0.3) is 0 Å². The van der Waals surface area contributed by atoms with E-state index in [9.17, 15) is 0 Å². The van der Waals surface area contributed by atoms with Crippen molar-refractivity contribution in [2.75, 3.05) is 0 Å². The molecule has 0 aliphatic carbocycles. The maximum atomic E-state index is 7.50. The summed E-state index contributed by atoms with van der Waals surface area (Å²) in [5.41, 5.74) is 14.5. The summed E-state index contributed by atoms with van der Waals surface area (Å²) in [7, 11) is 0. The second kappa shape index (κ2) is 22.7. The average molecular weight is 661 g/mol. The Bertz CT molecular complexity index is 1360. The Labute approximate surface area is 280 Å². The summed E-state index contributed by atoms with van der Waals surface area (Å²) < 4.78 is 22.5. The topological polar surface area (TPSA) is 59.7 Å². The van der Waals surface area contributed by atoms with Crippen LogP contribution in [0.2, 0.25) is 0 Å². The molecule has 0 amide bonds. The Balaban J connectivity index is -0.000000548. The summed E-state index contributed by atoms with van der Waals surface area (Å²) in [4.78, 5) is 0. The number of benzene rings is 2. The van der Waals surface area contributed by atoms with E-state index in [1.807, 2.05) is 18.2 Å². The monoisotopic (exact) mass is 660 g/mol. The minimum Gasteiger partial charge on any atom is 0 e. The molecule has 0 spiro atoms. The van der Waals surface area contributed by atoms with Gasteiger partial charge in [0.2, 0.25) is 0 Å². The van der Waals surface area contributed by atoms with E-state index in [2.05, 4.69) is 126 Å². The van der Waals surface area contributed by atoms with Crippen molar-refractivity contribution in [2.24, 2.45) is 0 Å². The Hall–Kier alpha value is -2.76. The zero-order valence-electron chi connectivity index (χ0n) is 27.0. The largest absolute Gasteiger partial charge is 2.00 e. The van der Waals surface area contributed by atoms with Crippen molar-refractivity contribution in [2.45, 2.75) is 82.1 Å². The molecule has 0 saturated heterocycles. The van der Waals surface area contributed by atoms with Gasteiger partial charge in [-0.2, -0.15) is 78.9 Å². The molecule has 5 rings (SSSR count). The maximum absolute atomic E-state index is 7.50. The Kier molecular flexibility index (Phi) is 23.6. The minimum absolute atomic E-state index is 0. The van der Waals surface area contributed by atoms with Gasteiger partial charge in [0.05, 0.1) is 0 Å². The van der Waals surface area contributed by atoms with Crippen molar-refractivity contribution in [1.82, 2.24) is 0 Å². The molecule has 0 bridgehead atoms. The van der Waals surface area contributed by atoms with Crippen LogP contribution in [0.25, 0.3) is 21.5 Å². The van der Waals surface area contributed by atoms with Crippen LogP contribution in [0.3, 0.4) is 0 Å². The molecule has 231 valence electrons. The van der Waals surface area contributed by atoms with Crippen LogP contribution in [-0.4, -0.2) is 0 Å². The van der Waals surface area contributed by atoms with Crippen LogP contribution in [0.15, 0.2) is 54.6 Å². The average Bonchev–Trinajstić information content (AvgIpc) is 3.71. The predicted molar refractivity (Wildman–Crippen MR) is 170 cm³/mol. The first-order valence-corrected chi connectivity index (χ1v) is 13.7. The van der Waals surface area contributed by atoms with Crippen LogP contribution in [0.5, 0.6) is 0 Å². The molecule has 5 heteroatoms. The Morgan fingerprint density at radius 3 is 1.44 bits per heavy atom. The van der Waals surface area contributed by atoms with E-state index >= 15 is 0 Å². The SMILES string of the molecule is CCc1cc2c(C)c3c[c-](CC)cc3c(C)c2[cH-]1.Cc1c(C)c(C)[c-](C)c1C.Cc1ccccc1.[C-]#[O+].[C-]#[O+].[C-]#[O+].[Mn+2].[Ni]. The molecule has 0 fully saturated rings. The van der Waals surface area contributed by atoms with Crippen molar-refractivity contribution in [1.29, 1.82) is 0 Å². The summed E-state index contributed by atoms with van der Waals surface area (Å²) in [6.07, 6.45) is 2.25. The standard InChI is InChI=1S/C18H20.C10H15.C7H8.3CO.Mn.Ni/c1-5-13-7-15-11(3)17-9-14(6-2)10-18(17)12(4)16(15)8-13;1-6-7(2)9(4)10(5)8(6)3;1-7-5-3-2-4-6-7;3*1-2;;/h7-10H,5-6H2,1-4H3;1-5H3;2-6H,1H3;;;;;/q-2;-1;;;;;+2;. The minimum atomic E-state index is 0. The third kappa shape index (κ3) is 11.4. The molecule has 0 N–H and O–H groups in total. The molecule has 0 unspecified atom stereocenters. The van der Waals surface area contributed by atoms with Gasteiger partial charge in [-0.05, 0) is 13.3 Å². The number of rotatable bonds is 2. The van der Waals surface area contributed by atoms with Gasteiger partial charge in [-0.1, -0.05) is 105 Å². The second-order valence-corrected chi connectivity index (χ2v) is 10.1. The molecule has 0 heterocycles. The van der Waals surface area contributed by atoms with Crippen LogP contribution in [0, 0.1) is 75.3 Å². The van der Waals surface area contributed by atoms with Gasteiger partial charge in [-0.15, -0.1) is 11.6 Å². The van der Waals surface area contributed by atoms with Crippen molar-refractivity contribution in [3.8, 4) is 0 Å². The molecule has 0 aliphatic rings. The van der Waals surface area contributed by atoms with Crippen LogP contribution >= 0.6 is 0 Å². The van der Waals surface area contributed by atoms with E-state index in [4.69, 9.17) is 14.0 Å². The van der Waals surface area contributed by atoms with Crippen molar-refractivity contribution < 1.29 is 47.5 Å². The summed E-state index contributed by atoms with van der Waals surface area (Å²) in [5, 5.41) is 5.80. The predicted octanol–water partition coefficient (Wildman–Crippen LogP) is 10.00. The molecule has 5 aromatic rings. The first kappa shape index (κ1) is 44.7. The number of fused-ring (bicyclic) bond motifs is 2. The van der Waals surface area contributed by atoms with Gasteiger partial charge in [0, 0.05) is 16.5 Å². The van der Waals surface area contributed by atoms with E-state index in [1.165, 1.54) is 77.2 Å². The van der Waals surface area contributed by atoms with Crippen LogP contribution < -0.4 is 0 Å². The van der Waals surface area contributed by atoms with Gasteiger partial charge in [-0.3, -0.25) is 0 Å². The summed E-state index contributed by atoms with van der Waals surface area (Å²) >= 11 is 0. The van der Waals surface area contributed by atoms with Crippen molar-refractivity contribution in [3.63, 3.8) is 0 Å². The van der Waals surface area contributed by atoms with Gasteiger partial charge in [-0.25, -0.2) is 5.39 Å². The number of aryl methyl sites for hydroxylation is 5. The number of hydrogen-bond donors (Lipinski definition) is 0. The van der Waals surface area contributed by atoms with Crippen LogP contribution in [0.4, 0.5) is 0 Å². The summed E-state index contributed by atoms with van der Waals surface area (Å²) in [6, 6.07) is 19.7. The maximum Gasteiger partial charge on any atom is 2.00 e. The fraction of sp³-hybridized carbons (Fsp3) is 0.316. The first-order valence-electron chi connectivity index (χ1n) is 13.7.